The predicted molar refractivity (Wildman–Crippen MR) is 69.8 cm³/mol. The number of methoxy groups -OCH3 is 1. The fourth-order valence-electron chi connectivity index (χ4n) is 1.39. The summed E-state index contributed by atoms with van der Waals surface area (Å²) in [4.78, 5) is 22.5. The van der Waals surface area contributed by atoms with Crippen molar-refractivity contribution in [2.45, 2.75) is 24.2 Å². The van der Waals surface area contributed by atoms with Crippen LogP contribution in [0, 0.1) is 0 Å². The van der Waals surface area contributed by atoms with Crippen molar-refractivity contribution in [3.63, 3.8) is 0 Å². The van der Waals surface area contributed by atoms with E-state index in [9.17, 15) is 9.59 Å². The quantitative estimate of drug-likeness (QED) is 0.467. The van der Waals surface area contributed by atoms with E-state index in [1.807, 2.05) is 24.3 Å². The van der Waals surface area contributed by atoms with Gasteiger partial charge in [0.05, 0.1) is 13.5 Å². The average Bonchev–Trinajstić information content (AvgIpc) is 2.35. The van der Waals surface area contributed by atoms with Gasteiger partial charge in [-0.05, 0) is 29.9 Å². The number of aliphatic carboxylic acids is 1. The van der Waals surface area contributed by atoms with Crippen LogP contribution in [-0.4, -0.2) is 29.9 Å². The highest BCUT2D eigenvalue weighted by Crippen LogP contribution is 2.20. The van der Waals surface area contributed by atoms with Crippen LogP contribution in [0.2, 0.25) is 0 Å². The van der Waals surface area contributed by atoms with E-state index in [0.29, 0.717) is 6.42 Å². The molecule has 0 saturated carbocycles. The Balaban J connectivity index is 2.31. The van der Waals surface area contributed by atoms with E-state index in [1.165, 1.54) is 7.11 Å². The van der Waals surface area contributed by atoms with Gasteiger partial charge in [0.2, 0.25) is 0 Å². The van der Waals surface area contributed by atoms with Gasteiger partial charge in [-0.25, -0.2) is 0 Å². The molecule has 0 aliphatic heterocycles. The molecule has 1 rings (SSSR count). The lowest BCUT2D eigenvalue weighted by atomic mass is 10.2. The highest BCUT2D eigenvalue weighted by Gasteiger charge is 2.02. The second kappa shape index (κ2) is 7.76. The third-order valence-electron chi connectivity index (χ3n) is 2.30. The molecule has 0 fully saturated rings. The minimum Gasteiger partial charge on any atom is -0.481 e. The maximum Gasteiger partial charge on any atom is 0.307 e. The standard InChI is InChI=1S/C13H16O4S/c1-17-13(16)3-2-8-18-11-6-4-10(5-7-11)9-12(14)15/h4-7H,2-3,8-9H2,1H3,(H,14,15). The largest absolute Gasteiger partial charge is 0.481 e. The van der Waals surface area contributed by atoms with Crippen LogP contribution in [0.5, 0.6) is 0 Å². The summed E-state index contributed by atoms with van der Waals surface area (Å²) >= 11 is 1.65. The van der Waals surface area contributed by atoms with Gasteiger partial charge in [0.25, 0.3) is 0 Å². The average molecular weight is 268 g/mol. The number of carboxylic acids is 1. The van der Waals surface area contributed by atoms with Gasteiger partial charge in [-0.3, -0.25) is 9.59 Å². The zero-order valence-electron chi connectivity index (χ0n) is 10.2. The topological polar surface area (TPSA) is 63.6 Å². The summed E-state index contributed by atoms with van der Waals surface area (Å²) in [6, 6.07) is 7.44. The van der Waals surface area contributed by atoms with E-state index in [0.717, 1.165) is 22.6 Å². The SMILES string of the molecule is COC(=O)CCCSc1ccc(CC(=O)O)cc1. The first-order valence-electron chi connectivity index (χ1n) is 5.62. The Labute approximate surface area is 110 Å². The van der Waals surface area contributed by atoms with E-state index < -0.39 is 5.97 Å². The molecule has 0 spiro atoms. The molecule has 0 radical (unpaired) electrons. The highest BCUT2D eigenvalue weighted by molar-refractivity contribution is 7.99. The molecule has 18 heavy (non-hydrogen) atoms. The second-order valence-electron chi connectivity index (χ2n) is 3.74. The Bertz CT molecular complexity index is 400. The molecule has 4 nitrogen and oxygen atoms in total. The van der Waals surface area contributed by atoms with Gasteiger partial charge in [0.1, 0.15) is 0 Å². The molecule has 0 aliphatic rings. The molecule has 0 amide bonds. The predicted octanol–water partition coefficient (Wildman–Crippen LogP) is 2.36. The monoisotopic (exact) mass is 268 g/mol. The lowest BCUT2D eigenvalue weighted by molar-refractivity contribution is -0.140. The van der Waals surface area contributed by atoms with Crippen molar-refractivity contribution in [1.82, 2.24) is 0 Å². The molecule has 0 unspecified atom stereocenters. The van der Waals surface area contributed by atoms with E-state index in [1.54, 1.807) is 11.8 Å². The number of carbonyl (C=O) groups excluding carboxylic acids is 1. The first-order chi connectivity index (χ1) is 8.61. The molecular weight excluding hydrogens is 252 g/mol. The fraction of sp³-hybridized carbons (Fsp3) is 0.385. The fourth-order valence-corrected chi connectivity index (χ4v) is 2.24. The van der Waals surface area contributed by atoms with Gasteiger partial charge >= 0.3 is 11.9 Å². The van der Waals surface area contributed by atoms with Crippen molar-refractivity contribution in [3.05, 3.63) is 29.8 Å². The smallest absolute Gasteiger partial charge is 0.307 e. The van der Waals surface area contributed by atoms with Crippen molar-refractivity contribution in [2.24, 2.45) is 0 Å². The molecule has 1 aromatic rings. The number of ether oxygens (including phenoxy) is 1. The van der Waals surface area contributed by atoms with Crippen LogP contribution in [0.4, 0.5) is 0 Å². The van der Waals surface area contributed by atoms with Gasteiger partial charge in [-0.15, -0.1) is 11.8 Å². The van der Waals surface area contributed by atoms with Crippen LogP contribution in [0.25, 0.3) is 0 Å². The molecule has 0 saturated heterocycles. The Morgan fingerprint density at radius 2 is 1.94 bits per heavy atom. The summed E-state index contributed by atoms with van der Waals surface area (Å²) in [5.41, 5.74) is 0.793. The van der Waals surface area contributed by atoms with Crippen molar-refractivity contribution < 1.29 is 19.4 Å². The molecule has 98 valence electrons. The number of carbonyl (C=O) groups is 2. The Morgan fingerprint density at radius 1 is 1.28 bits per heavy atom. The third kappa shape index (κ3) is 5.72. The highest BCUT2D eigenvalue weighted by atomic mass is 32.2. The Kier molecular flexibility index (Phi) is 6.28. The molecule has 0 bridgehead atoms. The summed E-state index contributed by atoms with van der Waals surface area (Å²) in [6.07, 6.45) is 1.25. The number of benzene rings is 1. The summed E-state index contributed by atoms with van der Waals surface area (Å²) in [7, 11) is 1.39. The minimum absolute atomic E-state index is 0.0489. The summed E-state index contributed by atoms with van der Waals surface area (Å²) < 4.78 is 4.55. The lowest BCUT2D eigenvalue weighted by Gasteiger charge is -2.03. The summed E-state index contributed by atoms with van der Waals surface area (Å²) in [5.74, 6) is -0.172. The van der Waals surface area contributed by atoms with Crippen molar-refractivity contribution in [2.75, 3.05) is 12.9 Å². The van der Waals surface area contributed by atoms with Gasteiger partial charge in [0.15, 0.2) is 0 Å². The number of esters is 1. The van der Waals surface area contributed by atoms with Crippen LogP contribution in [0.15, 0.2) is 29.2 Å². The summed E-state index contributed by atoms with van der Waals surface area (Å²) in [5, 5.41) is 8.64. The summed E-state index contributed by atoms with van der Waals surface area (Å²) in [6.45, 7) is 0. The van der Waals surface area contributed by atoms with E-state index in [-0.39, 0.29) is 12.4 Å². The van der Waals surface area contributed by atoms with Gasteiger partial charge < -0.3 is 9.84 Å². The van der Waals surface area contributed by atoms with Crippen LogP contribution in [0.3, 0.4) is 0 Å². The maximum atomic E-state index is 10.9. The third-order valence-corrected chi connectivity index (χ3v) is 3.40. The van der Waals surface area contributed by atoms with E-state index in [2.05, 4.69) is 4.74 Å². The molecule has 0 aliphatic carbocycles. The van der Waals surface area contributed by atoms with E-state index >= 15 is 0 Å². The van der Waals surface area contributed by atoms with Crippen LogP contribution in [-0.2, 0) is 20.7 Å². The number of rotatable bonds is 7. The number of carboxylic acid groups (broad SMARTS) is 1. The van der Waals surface area contributed by atoms with Crippen molar-refractivity contribution in [3.8, 4) is 0 Å². The van der Waals surface area contributed by atoms with Gasteiger partial charge in [-0.2, -0.15) is 0 Å². The first kappa shape index (κ1) is 14.6. The maximum absolute atomic E-state index is 10.9. The Morgan fingerprint density at radius 3 is 2.50 bits per heavy atom. The molecule has 5 heteroatoms. The lowest BCUT2D eigenvalue weighted by Crippen LogP contribution is -2.00. The number of hydrogen-bond donors (Lipinski definition) is 1. The van der Waals surface area contributed by atoms with Crippen LogP contribution < -0.4 is 0 Å². The first-order valence-corrected chi connectivity index (χ1v) is 6.60. The number of hydrogen-bond acceptors (Lipinski definition) is 4. The van der Waals surface area contributed by atoms with E-state index in [4.69, 9.17) is 5.11 Å². The van der Waals surface area contributed by atoms with Crippen molar-refractivity contribution >= 4 is 23.7 Å². The molecule has 0 aromatic heterocycles. The Hall–Kier alpha value is -1.49. The number of thioether (sulfide) groups is 1. The van der Waals surface area contributed by atoms with Crippen LogP contribution >= 0.6 is 11.8 Å². The van der Waals surface area contributed by atoms with Crippen molar-refractivity contribution in [1.29, 1.82) is 0 Å². The van der Waals surface area contributed by atoms with Gasteiger partial charge in [-0.1, -0.05) is 12.1 Å². The molecule has 1 N–H and O–H groups in total. The molecular formula is C13H16O4S. The zero-order valence-corrected chi connectivity index (χ0v) is 11.0. The second-order valence-corrected chi connectivity index (χ2v) is 4.91. The normalized spacial score (nSPS) is 10.1. The molecule has 0 atom stereocenters. The molecule has 1 aromatic carbocycles. The molecule has 0 heterocycles. The van der Waals surface area contributed by atoms with Gasteiger partial charge in [0, 0.05) is 11.3 Å². The zero-order chi connectivity index (χ0) is 13.4. The van der Waals surface area contributed by atoms with Crippen LogP contribution in [0.1, 0.15) is 18.4 Å². The minimum atomic E-state index is -0.825.